The lowest BCUT2D eigenvalue weighted by Crippen LogP contribution is -2.38. The summed E-state index contributed by atoms with van der Waals surface area (Å²) in [4.78, 5) is 3.59. The van der Waals surface area contributed by atoms with Crippen LogP contribution < -0.4 is 10.1 Å². The molecular formula is C15H20N2O. The van der Waals surface area contributed by atoms with E-state index in [4.69, 9.17) is 4.74 Å². The van der Waals surface area contributed by atoms with Gasteiger partial charge in [0.1, 0.15) is 5.75 Å². The highest BCUT2D eigenvalue weighted by atomic mass is 16.5. The fraction of sp³-hybridized carbons (Fsp3) is 0.467. The van der Waals surface area contributed by atoms with E-state index in [1.807, 2.05) is 0 Å². The van der Waals surface area contributed by atoms with Crippen LogP contribution in [0.2, 0.25) is 0 Å². The summed E-state index contributed by atoms with van der Waals surface area (Å²) in [6.07, 6.45) is 0. The third kappa shape index (κ3) is 1.54. The van der Waals surface area contributed by atoms with E-state index in [9.17, 15) is 0 Å². The molecule has 0 unspecified atom stereocenters. The van der Waals surface area contributed by atoms with Crippen molar-refractivity contribution in [2.24, 2.45) is 0 Å². The second kappa shape index (κ2) is 3.75. The van der Waals surface area contributed by atoms with Crippen LogP contribution in [0.3, 0.4) is 0 Å². The number of hydrogen-bond acceptors (Lipinski definition) is 2. The van der Waals surface area contributed by atoms with E-state index in [-0.39, 0.29) is 5.41 Å². The van der Waals surface area contributed by atoms with Gasteiger partial charge in [-0.25, -0.2) is 0 Å². The summed E-state index contributed by atoms with van der Waals surface area (Å²) in [5.74, 6) is 0.940. The topological polar surface area (TPSA) is 37.0 Å². The molecule has 3 heteroatoms. The van der Waals surface area contributed by atoms with Crippen LogP contribution in [0.1, 0.15) is 30.7 Å². The maximum absolute atomic E-state index is 5.50. The van der Waals surface area contributed by atoms with E-state index in [2.05, 4.69) is 43.2 Å². The fourth-order valence-corrected chi connectivity index (χ4v) is 2.97. The maximum atomic E-state index is 5.50. The molecule has 0 spiro atoms. The summed E-state index contributed by atoms with van der Waals surface area (Å²) in [5, 5.41) is 4.80. The molecule has 2 N–H and O–H groups in total. The van der Waals surface area contributed by atoms with Crippen molar-refractivity contribution in [3.05, 3.63) is 29.0 Å². The molecule has 0 atom stereocenters. The van der Waals surface area contributed by atoms with Gasteiger partial charge in [-0.15, -0.1) is 0 Å². The number of nitrogens with one attached hydrogen (secondary N) is 2. The number of ether oxygens (including phenoxy) is 1. The Hall–Kier alpha value is -1.48. The monoisotopic (exact) mass is 244 g/mol. The zero-order valence-electron chi connectivity index (χ0n) is 11.5. The third-order valence-electron chi connectivity index (χ3n) is 3.89. The molecule has 0 aliphatic carbocycles. The van der Waals surface area contributed by atoms with Crippen molar-refractivity contribution in [1.29, 1.82) is 0 Å². The largest absolute Gasteiger partial charge is 0.495 e. The molecule has 96 valence electrons. The Balaban J connectivity index is 2.36. The fourth-order valence-electron chi connectivity index (χ4n) is 2.97. The number of aromatic amines is 1. The second-order valence-electron chi connectivity index (χ2n) is 5.86. The van der Waals surface area contributed by atoms with Crippen LogP contribution in [-0.2, 0) is 12.0 Å². The van der Waals surface area contributed by atoms with Crippen LogP contribution in [0.4, 0.5) is 0 Å². The molecule has 3 nitrogen and oxygen atoms in total. The third-order valence-corrected chi connectivity index (χ3v) is 3.89. The van der Waals surface area contributed by atoms with Gasteiger partial charge in [0.15, 0.2) is 0 Å². The summed E-state index contributed by atoms with van der Waals surface area (Å²) < 4.78 is 5.50. The van der Waals surface area contributed by atoms with E-state index in [1.165, 1.54) is 22.2 Å². The number of fused-ring (bicyclic) bond motifs is 3. The summed E-state index contributed by atoms with van der Waals surface area (Å²) in [7, 11) is 1.73. The van der Waals surface area contributed by atoms with Gasteiger partial charge in [-0.1, -0.05) is 13.8 Å². The Morgan fingerprint density at radius 2 is 2.06 bits per heavy atom. The molecule has 1 aliphatic heterocycles. The lowest BCUT2D eigenvalue weighted by molar-refractivity contribution is 0.417. The molecule has 1 aromatic carbocycles. The average molecular weight is 244 g/mol. The Bertz CT molecular complexity index is 610. The van der Waals surface area contributed by atoms with Crippen LogP contribution in [0.25, 0.3) is 10.9 Å². The number of aryl methyl sites for hydroxylation is 1. The van der Waals surface area contributed by atoms with Crippen LogP contribution in [0, 0.1) is 6.92 Å². The first-order chi connectivity index (χ1) is 8.53. The minimum atomic E-state index is 0.144. The molecule has 3 rings (SSSR count). The smallest absolute Gasteiger partial charge is 0.143 e. The van der Waals surface area contributed by atoms with Crippen LogP contribution >= 0.6 is 0 Å². The molecule has 0 radical (unpaired) electrons. The number of rotatable bonds is 1. The highest BCUT2D eigenvalue weighted by molar-refractivity contribution is 5.91. The molecular weight excluding hydrogens is 224 g/mol. The first-order valence-electron chi connectivity index (χ1n) is 6.43. The maximum Gasteiger partial charge on any atom is 0.143 e. The predicted octanol–water partition coefficient (Wildman–Crippen LogP) is 2.87. The number of aromatic nitrogens is 1. The van der Waals surface area contributed by atoms with Gasteiger partial charge in [0.25, 0.3) is 0 Å². The van der Waals surface area contributed by atoms with E-state index >= 15 is 0 Å². The number of benzene rings is 1. The first-order valence-corrected chi connectivity index (χ1v) is 6.43. The summed E-state index contributed by atoms with van der Waals surface area (Å²) >= 11 is 0. The van der Waals surface area contributed by atoms with Gasteiger partial charge in [0.05, 0.1) is 12.6 Å². The van der Waals surface area contributed by atoms with Crippen molar-refractivity contribution >= 4 is 10.9 Å². The van der Waals surface area contributed by atoms with Crippen LogP contribution in [0.5, 0.6) is 5.75 Å². The van der Waals surface area contributed by atoms with Gasteiger partial charge >= 0.3 is 0 Å². The Morgan fingerprint density at radius 1 is 1.28 bits per heavy atom. The second-order valence-corrected chi connectivity index (χ2v) is 5.86. The van der Waals surface area contributed by atoms with Gasteiger partial charge in [0.2, 0.25) is 0 Å². The van der Waals surface area contributed by atoms with Gasteiger partial charge in [-0.3, -0.25) is 0 Å². The van der Waals surface area contributed by atoms with Gasteiger partial charge in [0, 0.05) is 29.6 Å². The van der Waals surface area contributed by atoms with Crippen molar-refractivity contribution in [3.8, 4) is 5.75 Å². The van der Waals surface area contributed by atoms with Gasteiger partial charge < -0.3 is 15.0 Å². The zero-order valence-corrected chi connectivity index (χ0v) is 11.5. The molecule has 0 fully saturated rings. The van der Waals surface area contributed by atoms with Gasteiger partial charge in [-0.2, -0.15) is 0 Å². The van der Waals surface area contributed by atoms with Crippen LogP contribution in [0.15, 0.2) is 12.1 Å². The van der Waals surface area contributed by atoms with Crippen molar-refractivity contribution in [1.82, 2.24) is 10.3 Å². The molecule has 0 saturated carbocycles. The van der Waals surface area contributed by atoms with E-state index < -0.39 is 0 Å². The minimum absolute atomic E-state index is 0.144. The molecule has 1 aliphatic rings. The van der Waals surface area contributed by atoms with Crippen molar-refractivity contribution in [2.75, 3.05) is 13.7 Å². The lowest BCUT2D eigenvalue weighted by atomic mass is 9.84. The molecule has 2 heterocycles. The van der Waals surface area contributed by atoms with Gasteiger partial charge in [-0.05, 0) is 30.2 Å². The minimum Gasteiger partial charge on any atom is -0.495 e. The average Bonchev–Trinajstić information content (AvgIpc) is 2.68. The summed E-state index contributed by atoms with van der Waals surface area (Å²) in [5.41, 5.74) is 5.25. The van der Waals surface area contributed by atoms with E-state index in [1.54, 1.807) is 7.11 Å². The quantitative estimate of drug-likeness (QED) is 0.809. The Labute approximate surface area is 108 Å². The molecule has 2 aromatic rings. The van der Waals surface area contributed by atoms with E-state index in [0.29, 0.717) is 0 Å². The zero-order chi connectivity index (χ0) is 12.9. The number of H-pyrrole nitrogens is 1. The molecule has 0 amide bonds. The van der Waals surface area contributed by atoms with Crippen molar-refractivity contribution in [2.45, 2.75) is 32.7 Å². The lowest BCUT2D eigenvalue weighted by Gasteiger charge is -2.30. The Morgan fingerprint density at radius 3 is 2.78 bits per heavy atom. The van der Waals surface area contributed by atoms with E-state index in [0.717, 1.165) is 24.4 Å². The number of methoxy groups -OCH3 is 1. The summed E-state index contributed by atoms with van der Waals surface area (Å²) in [6.45, 7) is 8.60. The molecule has 0 bridgehead atoms. The SMILES string of the molecule is COc1cc(C)cc2c3c([nH]c12)C(C)(C)CNC3. The van der Waals surface area contributed by atoms with Crippen molar-refractivity contribution in [3.63, 3.8) is 0 Å². The highest BCUT2D eigenvalue weighted by Gasteiger charge is 2.31. The first kappa shape index (κ1) is 11.6. The van der Waals surface area contributed by atoms with Crippen LogP contribution in [-0.4, -0.2) is 18.6 Å². The molecule has 1 aromatic heterocycles. The van der Waals surface area contributed by atoms with Crippen molar-refractivity contribution < 1.29 is 4.74 Å². The standard InChI is InChI=1S/C15H20N2O/c1-9-5-10-11-7-16-8-15(2,3)14(11)17-13(10)12(6-9)18-4/h5-6,16-17H,7-8H2,1-4H3. The normalized spacial score (nSPS) is 17.8. The summed E-state index contributed by atoms with van der Waals surface area (Å²) in [6, 6.07) is 4.33. The molecule has 0 saturated heterocycles. The highest BCUT2D eigenvalue weighted by Crippen LogP contribution is 2.37. The Kier molecular flexibility index (Phi) is 2.42. The number of hydrogen-bond donors (Lipinski definition) is 2. The predicted molar refractivity (Wildman–Crippen MR) is 74.3 cm³/mol. The molecule has 18 heavy (non-hydrogen) atoms.